The number of alkyl halides is 4. The third-order valence-electron chi connectivity index (χ3n) is 7.63. The van der Waals surface area contributed by atoms with Gasteiger partial charge >= 0.3 is 6.18 Å². The monoisotopic (exact) mass is 566 g/mol. The number of nitrogens with zero attached hydrogens (tertiary/aromatic N) is 3. The van der Waals surface area contributed by atoms with Gasteiger partial charge in [-0.25, -0.2) is 14.0 Å². The summed E-state index contributed by atoms with van der Waals surface area (Å²) in [6.07, 6.45) is -3.03. The number of H-pyrrole nitrogens is 1. The van der Waals surface area contributed by atoms with Crippen LogP contribution in [0.25, 0.3) is 11.0 Å². The molecule has 4 fully saturated rings. The number of nitrogens with one attached hydrogen (secondary N) is 3. The molecule has 4 aliphatic carbocycles. The lowest BCUT2D eigenvalue weighted by molar-refractivity contribution is -0.216. The second-order valence-electron chi connectivity index (χ2n) is 11.2. The van der Waals surface area contributed by atoms with Gasteiger partial charge in [0.2, 0.25) is 5.91 Å². The van der Waals surface area contributed by atoms with Crippen molar-refractivity contribution in [2.24, 2.45) is 5.41 Å². The summed E-state index contributed by atoms with van der Waals surface area (Å²) in [5.41, 5.74) is 0.0237. The number of rotatable bonds is 11. The van der Waals surface area contributed by atoms with Crippen LogP contribution in [0.5, 0.6) is 0 Å². The molecule has 7 rings (SSSR count). The van der Waals surface area contributed by atoms with E-state index in [0.29, 0.717) is 41.6 Å². The zero-order valence-corrected chi connectivity index (χ0v) is 21.1. The Bertz CT molecular complexity index is 1430. The largest absolute Gasteiger partial charge is 0.411 e. The van der Waals surface area contributed by atoms with E-state index in [1.54, 1.807) is 6.07 Å². The summed E-state index contributed by atoms with van der Waals surface area (Å²) in [4.78, 5) is 32.6. The molecule has 0 saturated heterocycles. The van der Waals surface area contributed by atoms with Crippen molar-refractivity contribution in [3.63, 3.8) is 0 Å². The maximum absolute atomic E-state index is 13.7. The number of halogens is 4. The molecule has 3 aromatic rings. The van der Waals surface area contributed by atoms with Gasteiger partial charge in [-0.15, -0.1) is 0 Å². The van der Waals surface area contributed by atoms with Crippen LogP contribution in [0.1, 0.15) is 84.3 Å². The lowest BCUT2D eigenvalue weighted by atomic mass is 9.41. The van der Waals surface area contributed by atoms with Gasteiger partial charge in [0.15, 0.2) is 11.9 Å². The number of imidazole rings is 1. The molecule has 15 heteroatoms. The molecular weight excluding hydrogens is 540 g/mol. The highest BCUT2D eigenvalue weighted by atomic mass is 19.4. The van der Waals surface area contributed by atoms with Gasteiger partial charge in [0, 0.05) is 17.9 Å². The molecule has 2 bridgehead atoms. The smallest absolute Gasteiger partial charge is 0.369 e. The summed E-state index contributed by atoms with van der Waals surface area (Å²) in [7, 11) is 0. The van der Waals surface area contributed by atoms with E-state index in [-0.39, 0.29) is 29.3 Å². The van der Waals surface area contributed by atoms with Crippen LogP contribution in [-0.2, 0) is 9.53 Å². The third kappa shape index (κ3) is 5.39. The van der Waals surface area contributed by atoms with Crippen molar-refractivity contribution in [2.75, 3.05) is 13.2 Å². The lowest BCUT2D eigenvalue weighted by Crippen LogP contribution is -2.65. The number of aliphatic hydroxyl groups excluding tert-OH is 1. The number of aromatic nitrogens is 4. The first kappa shape index (κ1) is 26.6. The van der Waals surface area contributed by atoms with Crippen molar-refractivity contribution in [3.8, 4) is 0 Å². The summed E-state index contributed by atoms with van der Waals surface area (Å²) in [6, 6.07) is 3.49. The number of aliphatic hydroxyl groups is 1. The van der Waals surface area contributed by atoms with Crippen molar-refractivity contribution in [2.45, 2.75) is 68.6 Å². The number of amides is 2. The number of carbonyl (C=O) groups excluding carboxylic acids is 2. The Morgan fingerprint density at radius 3 is 2.62 bits per heavy atom. The van der Waals surface area contributed by atoms with Gasteiger partial charge in [0.25, 0.3) is 5.91 Å². The van der Waals surface area contributed by atoms with Crippen LogP contribution in [0.15, 0.2) is 22.8 Å². The molecule has 1 aromatic carbocycles. The lowest BCUT2D eigenvalue weighted by Gasteiger charge is -2.65. The molecule has 0 unspecified atom stereocenters. The van der Waals surface area contributed by atoms with Gasteiger partial charge in [-0.3, -0.25) is 9.59 Å². The molecule has 2 heterocycles. The molecule has 4 aliphatic rings. The first-order chi connectivity index (χ1) is 18.9. The molecule has 40 heavy (non-hydrogen) atoms. The molecule has 2 atom stereocenters. The summed E-state index contributed by atoms with van der Waals surface area (Å²) in [5.74, 6) is -0.945. The molecule has 214 valence electrons. The minimum atomic E-state index is -4.57. The fourth-order valence-electron chi connectivity index (χ4n) is 5.74. The molecule has 0 aliphatic heterocycles. The minimum absolute atomic E-state index is 0.0443. The standard InChI is InChI=1S/C25H26F4N6O5/c26-24-8-23(9-24,10-24)6-17(36)33-21(37)13-3-4-14-15(5-13)31-20(30-14)16(7-39-11-25(27,28)29)32-22(38)19-18(12-1-2-12)34-40-35-19/h3-5,12,16,21,37H,1-2,6-11H2,(H,30,31)(H,32,38)(H,33,36)/t16-,21+,23?,24?/m0/s1. The van der Waals surface area contributed by atoms with Crippen LogP contribution in [-0.4, -0.2) is 62.3 Å². The van der Waals surface area contributed by atoms with Gasteiger partial charge in [0.1, 0.15) is 29.8 Å². The van der Waals surface area contributed by atoms with Crippen molar-refractivity contribution >= 4 is 22.8 Å². The number of hydrogen-bond donors (Lipinski definition) is 4. The predicted octanol–water partition coefficient (Wildman–Crippen LogP) is 3.26. The summed E-state index contributed by atoms with van der Waals surface area (Å²) in [6.45, 7) is -2.08. The van der Waals surface area contributed by atoms with E-state index in [1.807, 2.05) is 0 Å². The Balaban J connectivity index is 1.16. The van der Waals surface area contributed by atoms with E-state index < -0.39 is 49.1 Å². The highest BCUT2D eigenvalue weighted by molar-refractivity contribution is 5.93. The van der Waals surface area contributed by atoms with Crippen LogP contribution in [0.3, 0.4) is 0 Å². The van der Waals surface area contributed by atoms with E-state index >= 15 is 0 Å². The molecule has 0 spiro atoms. The normalized spacial score (nSPS) is 25.1. The van der Waals surface area contributed by atoms with Crippen molar-refractivity contribution in [3.05, 3.63) is 41.0 Å². The average Bonchev–Trinajstić information content (AvgIpc) is 3.40. The molecule has 4 N–H and O–H groups in total. The van der Waals surface area contributed by atoms with E-state index in [4.69, 9.17) is 9.37 Å². The maximum Gasteiger partial charge on any atom is 0.411 e. The molecule has 4 saturated carbocycles. The average molecular weight is 567 g/mol. The van der Waals surface area contributed by atoms with Crippen molar-refractivity contribution in [1.29, 1.82) is 0 Å². The van der Waals surface area contributed by atoms with Gasteiger partial charge < -0.3 is 25.5 Å². The predicted molar refractivity (Wildman–Crippen MR) is 127 cm³/mol. The summed E-state index contributed by atoms with van der Waals surface area (Å²) < 4.78 is 61.4. The first-order valence-electron chi connectivity index (χ1n) is 12.8. The molecule has 0 radical (unpaired) electrons. The fraction of sp³-hybridized carbons (Fsp3) is 0.560. The Morgan fingerprint density at radius 2 is 1.95 bits per heavy atom. The number of ether oxygens (including phenoxy) is 1. The number of aromatic amines is 1. The quantitative estimate of drug-likeness (QED) is 0.204. The molecule has 2 aromatic heterocycles. The highest BCUT2D eigenvalue weighted by Gasteiger charge is 2.69. The van der Waals surface area contributed by atoms with Gasteiger partial charge in [-0.1, -0.05) is 11.2 Å². The van der Waals surface area contributed by atoms with E-state index in [0.717, 1.165) is 12.8 Å². The van der Waals surface area contributed by atoms with E-state index in [1.165, 1.54) is 12.1 Å². The second kappa shape index (κ2) is 9.51. The van der Waals surface area contributed by atoms with Crippen LogP contribution >= 0.6 is 0 Å². The molecule has 2 amide bonds. The Labute approximate surface area is 224 Å². The summed E-state index contributed by atoms with van der Waals surface area (Å²) >= 11 is 0. The second-order valence-corrected chi connectivity index (χ2v) is 11.2. The van der Waals surface area contributed by atoms with Crippen molar-refractivity contribution < 1.29 is 41.6 Å². The topological polar surface area (TPSA) is 155 Å². The molecule has 11 nitrogen and oxygen atoms in total. The van der Waals surface area contributed by atoms with Crippen molar-refractivity contribution in [1.82, 2.24) is 30.9 Å². The Kier molecular flexibility index (Phi) is 6.33. The number of benzene rings is 1. The first-order valence-corrected chi connectivity index (χ1v) is 12.8. The van der Waals surface area contributed by atoms with Crippen LogP contribution in [0.2, 0.25) is 0 Å². The maximum atomic E-state index is 13.7. The Morgan fingerprint density at radius 1 is 1.20 bits per heavy atom. The van der Waals surface area contributed by atoms with Gasteiger partial charge in [-0.05, 0) is 54.8 Å². The zero-order chi connectivity index (χ0) is 28.3. The fourth-order valence-corrected chi connectivity index (χ4v) is 5.74. The number of fused-ring (bicyclic) bond motifs is 1. The Hall–Kier alpha value is -3.59. The van der Waals surface area contributed by atoms with Gasteiger partial charge in [-0.2, -0.15) is 13.2 Å². The van der Waals surface area contributed by atoms with Crippen LogP contribution < -0.4 is 10.6 Å². The minimum Gasteiger partial charge on any atom is -0.369 e. The van der Waals surface area contributed by atoms with E-state index in [9.17, 15) is 32.3 Å². The van der Waals surface area contributed by atoms with Crippen LogP contribution in [0, 0.1) is 5.41 Å². The molecular formula is C25H26F4N6O5. The summed E-state index contributed by atoms with van der Waals surface area (Å²) in [5, 5.41) is 23.1. The van der Waals surface area contributed by atoms with Crippen LogP contribution in [0.4, 0.5) is 17.6 Å². The SMILES string of the molecule is O=C(CC12CC(F)(C1)C2)N[C@H](O)c1ccc2nc([C@H](COCC(F)(F)F)NC(=O)c3nonc3C3CC3)[nH]c2c1. The zero-order valence-electron chi connectivity index (χ0n) is 21.1. The third-order valence-corrected chi connectivity index (χ3v) is 7.63. The highest BCUT2D eigenvalue weighted by Crippen LogP contribution is 2.71. The van der Waals surface area contributed by atoms with E-state index in [2.05, 4.69) is 30.9 Å². The number of carbonyl (C=O) groups is 2. The number of hydrogen-bond acceptors (Lipinski definition) is 8. The van der Waals surface area contributed by atoms with Gasteiger partial charge in [0.05, 0.1) is 17.6 Å².